The highest BCUT2D eigenvalue weighted by atomic mass is 15.1. The molecule has 0 saturated carbocycles. The van der Waals surface area contributed by atoms with Crippen molar-refractivity contribution in [2.75, 3.05) is 13.1 Å². The van der Waals surface area contributed by atoms with E-state index in [1.54, 1.807) is 0 Å². The third kappa shape index (κ3) is 5.36. The molecule has 1 nitrogen and oxygen atoms in total. The summed E-state index contributed by atoms with van der Waals surface area (Å²) < 4.78 is 0. The zero-order valence-corrected chi connectivity index (χ0v) is 9.22. The van der Waals surface area contributed by atoms with E-state index in [0.717, 1.165) is 12.5 Å². The Morgan fingerprint density at radius 1 is 1.25 bits per heavy atom. The van der Waals surface area contributed by atoms with Crippen LogP contribution in [-0.4, -0.2) is 24.0 Å². The van der Waals surface area contributed by atoms with Gasteiger partial charge in [-0.2, -0.15) is 0 Å². The van der Waals surface area contributed by atoms with E-state index >= 15 is 0 Å². The van der Waals surface area contributed by atoms with Crippen LogP contribution in [0.1, 0.15) is 34.6 Å². The summed E-state index contributed by atoms with van der Waals surface area (Å²) in [6.45, 7) is 17.2. The van der Waals surface area contributed by atoms with Crippen LogP contribution >= 0.6 is 0 Å². The molecule has 0 aliphatic rings. The molecule has 0 amide bonds. The molecule has 12 heavy (non-hydrogen) atoms. The van der Waals surface area contributed by atoms with Gasteiger partial charge in [0.2, 0.25) is 0 Å². The first-order valence-corrected chi connectivity index (χ1v) is 4.82. The second kappa shape index (κ2) is 5.36. The molecule has 0 fully saturated rings. The average molecular weight is 169 g/mol. The van der Waals surface area contributed by atoms with Crippen LogP contribution in [0.5, 0.6) is 0 Å². The van der Waals surface area contributed by atoms with Gasteiger partial charge >= 0.3 is 0 Å². The van der Waals surface area contributed by atoms with E-state index in [9.17, 15) is 0 Å². The van der Waals surface area contributed by atoms with Crippen molar-refractivity contribution < 1.29 is 0 Å². The molecular formula is C11H23N. The largest absolute Gasteiger partial charge is 0.297 e. The van der Waals surface area contributed by atoms with E-state index in [2.05, 4.69) is 46.1 Å². The molecule has 0 aromatic heterocycles. The summed E-state index contributed by atoms with van der Waals surface area (Å²) in [5.41, 5.74) is 1.25. The Bertz CT molecular complexity index is 136. The van der Waals surface area contributed by atoms with Crippen molar-refractivity contribution in [1.82, 2.24) is 4.90 Å². The van der Waals surface area contributed by atoms with Crippen LogP contribution < -0.4 is 0 Å². The zero-order valence-electron chi connectivity index (χ0n) is 9.22. The van der Waals surface area contributed by atoms with Crippen LogP contribution in [0.3, 0.4) is 0 Å². The second-order valence-electron chi connectivity index (χ2n) is 4.37. The van der Waals surface area contributed by atoms with Gasteiger partial charge in [0.15, 0.2) is 0 Å². The molecule has 0 heterocycles. The van der Waals surface area contributed by atoms with Gasteiger partial charge in [0.05, 0.1) is 0 Å². The van der Waals surface area contributed by atoms with Crippen molar-refractivity contribution in [3.63, 3.8) is 0 Å². The van der Waals surface area contributed by atoms with Gasteiger partial charge < -0.3 is 0 Å². The van der Waals surface area contributed by atoms with Gasteiger partial charge in [-0.1, -0.05) is 26.0 Å². The van der Waals surface area contributed by atoms with E-state index in [-0.39, 0.29) is 0 Å². The molecule has 0 aromatic rings. The maximum absolute atomic E-state index is 3.94. The third-order valence-electron chi connectivity index (χ3n) is 1.80. The summed E-state index contributed by atoms with van der Waals surface area (Å²) in [4.78, 5) is 2.47. The highest BCUT2D eigenvalue weighted by molar-refractivity contribution is 4.92. The first kappa shape index (κ1) is 11.7. The Morgan fingerprint density at radius 2 is 1.75 bits per heavy atom. The smallest absolute Gasteiger partial charge is 0.0190 e. The summed E-state index contributed by atoms with van der Waals surface area (Å²) in [5, 5.41) is 0. The Labute approximate surface area is 77.5 Å². The van der Waals surface area contributed by atoms with E-state index in [1.165, 1.54) is 12.1 Å². The molecule has 0 spiro atoms. The van der Waals surface area contributed by atoms with Crippen molar-refractivity contribution in [3.05, 3.63) is 12.2 Å². The Balaban J connectivity index is 3.95. The minimum absolute atomic E-state index is 0.629. The number of nitrogens with zero attached hydrogens (tertiary/aromatic N) is 1. The molecule has 1 heteroatoms. The standard InChI is InChI=1S/C11H23N/c1-9(2)7-12(11(5)6)8-10(3)4/h10-11H,1,7-8H2,2-6H3. The monoisotopic (exact) mass is 169 g/mol. The Morgan fingerprint density at radius 3 is 2.00 bits per heavy atom. The first-order valence-electron chi connectivity index (χ1n) is 4.82. The molecule has 0 radical (unpaired) electrons. The highest BCUT2D eigenvalue weighted by Gasteiger charge is 2.10. The summed E-state index contributed by atoms with van der Waals surface area (Å²) in [6, 6.07) is 0.629. The average Bonchev–Trinajstić information content (AvgIpc) is 1.83. The molecule has 0 N–H and O–H groups in total. The van der Waals surface area contributed by atoms with Crippen molar-refractivity contribution in [2.45, 2.75) is 40.7 Å². The van der Waals surface area contributed by atoms with E-state index in [4.69, 9.17) is 0 Å². The summed E-state index contributed by atoms with van der Waals surface area (Å²) in [5.74, 6) is 0.742. The first-order chi connectivity index (χ1) is 5.43. The molecule has 0 bridgehead atoms. The Hall–Kier alpha value is -0.300. The predicted octanol–water partition coefficient (Wildman–Crippen LogP) is 2.93. The molecule has 0 atom stereocenters. The minimum atomic E-state index is 0.629. The van der Waals surface area contributed by atoms with Gasteiger partial charge in [-0.15, -0.1) is 0 Å². The van der Waals surface area contributed by atoms with Gasteiger partial charge in [0.25, 0.3) is 0 Å². The second-order valence-corrected chi connectivity index (χ2v) is 4.37. The van der Waals surface area contributed by atoms with Crippen LogP contribution in [0.4, 0.5) is 0 Å². The van der Waals surface area contributed by atoms with Crippen LogP contribution in [0.15, 0.2) is 12.2 Å². The quantitative estimate of drug-likeness (QED) is 0.572. The number of rotatable bonds is 5. The molecule has 0 aromatic carbocycles. The molecule has 0 unspecified atom stereocenters. The van der Waals surface area contributed by atoms with Gasteiger partial charge in [-0.3, -0.25) is 4.90 Å². The predicted molar refractivity (Wildman–Crippen MR) is 56.4 cm³/mol. The van der Waals surface area contributed by atoms with E-state index in [1.807, 2.05) is 0 Å². The van der Waals surface area contributed by atoms with Gasteiger partial charge in [0.1, 0.15) is 0 Å². The summed E-state index contributed by atoms with van der Waals surface area (Å²) in [7, 11) is 0. The van der Waals surface area contributed by atoms with Crippen molar-refractivity contribution in [1.29, 1.82) is 0 Å². The zero-order chi connectivity index (χ0) is 9.72. The van der Waals surface area contributed by atoms with Gasteiger partial charge in [-0.25, -0.2) is 0 Å². The summed E-state index contributed by atoms with van der Waals surface area (Å²) >= 11 is 0. The maximum Gasteiger partial charge on any atom is 0.0190 e. The molecule has 72 valence electrons. The number of hydrogen-bond donors (Lipinski definition) is 0. The molecule has 0 saturated heterocycles. The fourth-order valence-electron chi connectivity index (χ4n) is 1.27. The fourth-order valence-corrected chi connectivity index (χ4v) is 1.27. The summed E-state index contributed by atoms with van der Waals surface area (Å²) in [6.07, 6.45) is 0. The lowest BCUT2D eigenvalue weighted by molar-refractivity contribution is 0.215. The molecule has 0 rings (SSSR count). The Kier molecular flexibility index (Phi) is 5.23. The lowest BCUT2D eigenvalue weighted by Gasteiger charge is -2.28. The lowest BCUT2D eigenvalue weighted by Crippen LogP contribution is -2.35. The van der Waals surface area contributed by atoms with Gasteiger partial charge in [0, 0.05) is 19.1 Å². The number of hydrogen-bond acceptors (Lipinski definition) is 1. The lowest BCUT2D eigenvalue weighted by atomic mass is 10.1. The topological polar surface area (TPSA) is 3.24 Å². The molecule has 0 aliphatic heterocycles. The molecule has 0 aliphatic carbocycles. The van der Waals surface area contributed by atoms with Crippen molar-refractivity contribution in [3.8, 4) is 0 Å². The van der Waals surface area contributed by atoms with Crippen LogP contribution in [0, 0.1) is 5.92 Å². The van der Waals surface area contributed by atoms with Crippen molar-refractivity contribution in [2.24, 2.45) is 5.92 Å². The molecular weight excluding hydrogens is 146 g/mol. The SMILES string of the molecule is C=C(C)CN(CC(C)C)C(C)C. The van der Waals surface area contributed by atoms with Crippen LogP contribution in [0.2, 0.25) is 0 Å². The van der Waals surface area contributed by atoms with Crippen LogP contribution in [-0.2, 0) is 0 Å². The minimum Gasteiger partial charge on any atom is -0.297 e. The van der Waals surface area contributed by atoms with Crippen molar-refractivity contribution >= 4 is 0 Å². The van der Waals surface area contributed by atoms with E-state index in [0.29, 0.717) is 6.04 Å². The fraction of sp³-hybridized carbons (Fsp3) is 0.818. The highest BCUT2D eigenvalue weighted by Crippen LogP contribution is 2.06. The van der Waals surface area contributed by atoms with Gasteiger partial charge in [-0.05, 0) is 26.7 Å². The van der Waals surface area contributed by atoms with Crippen LogP contribution in [0.25, 0.3) is 0 Å². The van der Waals surface area contributed by atoms with E-state index < -0.39 is 0 Å². The normalized spacial score (nSPS) is 11.7. The third-order valence-corrected chi connectivity index (χ3v) is 1.80. The maximum atomic E-state index is 3.94.